The van der Waals surface area contributed by atoms with E-state index in [1.165, 1.54) is 6.55 Å². The first kappa shape index (κ1) is 36.2. The molecule has 0 radical (unpaired) electrons. The van der Waals surface area contributed by atoms with E-state index in [0.717, 1.165) is 0 Å². The number of fused-ring (bicyclic) bond motifs is 4. The number of aliphatic hydroxyl groups excluding tert-OH is 2. The van der Waals surface area contributed by atoms with Crippen LogP contribution in [0.4, 0.5) is 0 Å². The summed E-state index contributed by atoms with van der Waals surface area (Å²) in [6.07, 6.45) is 1.04. The third kappa shape index (κ3) is 8.42. The van der Waals surface area contributed by atoms with Crippen molar-refractivity contribution >= 4 is 79.5 Å². The molecule has 0 aliphatic carbocycles. The maximum atomic E-state index is 11.3. The van der Waals surface area contributed by atoms with E-state index in [9.17, 15) is 15.0 Å². The molecule has 16 nitrogen and oxygen atoms in total. The van der Waals surface area contributed by atoms with Gasteiger partial charge in [-0.3, -0.25) is 0 Å². The first-order chi connectivity index (χ1) is 19.1. The Morgan fingerprint density at radius 1 is 0.714 bits per heavy atom. The van der Waals surface area contributed by atoms with Crippen LogP contribution in [0.1, 0.15) is 19.8 Å². The second-order valence-electron chi connectivity index (χ2n) is 12.1. The number of hydrogen-bond acceptors (Lipinski definition) is 16. The van der Waals surface area contributed by atoms with Gasteiger partial charge in [0, 0.05) is 45.9 Å². The highest BCUT2D eigenvalue weighted by Crippen LogP contribution is 2.44. The normalized spacial score (nSPS) is 46.4. The smallest absolute Gasteiger partial charge is 0.397 e. The Labute approximate surface area is 258 Å². The molecule has 4 saturated heterocycles. The summed E-state index contributed by atoms with van der Waals surface area (Å²) in [4.78, 5) is 11.3. The molecule has 8 unspecified atom stereocenters. The third-order valence-electron chi connectivity index (χ3n) is 6.87. The zero-order valence-corrected chi connectivity index (χ0v) is 35.1. The summed E-state index contributed by atoms with van der Waals surface area (Å²) in [5.41, 5.74) is -0.994. The fraction of sp³-hybridized carbons (Fsp3) is 1.00. The van der Waals surface area contributed by atoms with Crippen LogP contribution in [-0.2, 0) is 54.1 Å². The third-order valence-corrected chi connectivity index (χ3v) is 43.0. The molecule has 0 spiro atoms. The Bertz CT molecular complexity index is 984. The average molecular weight is 759 g/mol. The lowest BCUT2D eigenvalue weighted by atomic mass is 10.0. The zero-order chi connectivity index (χ0) is 31.5. The minimum atomic E-state index is -4.24. The van der Waals surface area contributed by atoms with E-state index < -0.39 is 85.1 Å². The summed E-state index contributed by atoms with van der Waals surface area (Å²) in [6.45, 7) is 17.1. The van der Waals surface area contributed by atoms with Crippen molar-refractivity contribution in [3.63, 3.8) is 0 Å². The van der Waals surface area contributed by atoms with Crippen LogP contribution in [0.25, 0.3) is 0 Å². The Morgan fingerprint density at radius 2 is 1.17 bits per heavy atom. The largest absolute Gasteiger partial charge is 0.644 e. The Kier molecular flexibility index (Phi) is 10.4. The van der Waals surface area contributed by atoms with Gasteiger partial charge in [0.05, 0.1) is 13.2 Å². The molecule has 4 rings (SSSR count). The van der Waals surface area contributed by atoms with Gasteiger partial charge in [0.2, 0.25) is 0 Å². The molecule has 0 aromatic heterocycles. The van der Waals surface area contributed by atoms with E-state index in [-0.39, 0.29) is 13.2 Å². The molecule has 8 atom stereocenters. The van der Waals surface area contributed by atoms with Crippen LogP contribution in [0.3, 0.4) is 0 Å². The molecule has 25 heteroatoms. The summed E-state index contributed by atoms with van der Waals surface area (Å²) in [5.74, 6) is 0. The standard InChI is InChI=1S/C17H46O16Si9/c1-11-17(15-18,16-19)21-13-12-14-35(3,4)24-42-23-34(2)22-37(6)27-38(7)25-36(5,20)26-39(8,32-42)30-40(9,29-38)31-41(10,28-37)33-42/h18-20,34H,11-16H2,1-10H3. The van der Waals surface area contributed by atoms with Crippen molar-refractivity contribution in [1.29, 1.82) is 0 Å². The first-order valence-electron chi connectivity index (χ1n) is 14.0. The molecule has 4 aliphatic heterocycles. The number of aliphatic hydroxyl groups is 2. The highest BCUT2D eigenvalue weighted by molar-refractivity contribution is 6.99. The van der Waals surface area contributed by atoms with Gasteiger partial charge in [0.15, 0.2) is 8.32 Å². The molecular formula is C17H46O16Si9. The van der Waals surface area contributed by atoms with E-state index in [0.29, 0.717) is 25.5 Å². The summed E-state index contributed by atoms with van der Waals surface area (Å²) < 4.78 is 83.8. The van der Waals surface area contributed by atoms with Crippen molar-refractivity contribution in [2.75, 3.05) is 19.8 Å². The topological polar surface area (TPSA) is 181 Å². The lowest BCUT2D eigenvalue weighted by Gasteiger charge is -2.56. The summed E-state index contributed by atoms with van der Waals surface area (Å²) >= 11 is 0. The fourth-order valence-electron chi connectivity index (χ4n) is 5.47. The van der Waals surface area contributed by atoms with Gasteiger partial charge in [-0.1, -0.05) is 6.92 Å². The maximum Gasteiger partial charge on any atom is 0.644 e. The molecule has 0 saturated carbocycles. The van der Waals surface area contributed by atoms with Crippen LogP contribution in [0.15, 0.2) is 0 Å². The molecule has 3 N–H and O–H groups in total. The van der Waals surface area contributed by atoms with Crippen LogP contribution < -0.4 is 0 Å². The van der Waals surface area contributed by atoms with Crippen LogP contribution in [0.2, 0.25) is 65.0 Å². The number of rotatable bonds is 10. The Morgan fingerprint density at radius 3 is 1.67 bits per heavy atom. The van der Waals surface area contributed by atoms with Gasteiger partial charge >= 0.3 is 71.2 Å². The second-order valence-corrected chi connectivity index (χ2v) is 38.7. The molecule has 6 bridgehead atoms. The van der Waals surface area contributed by atoms with Crippen molar-refractivity contribution < 1.29 is 69.1 Å². The van der Waals surface area contributed by atoms with E-state index in [4.69, 9.17) is 54.1 Å². The SMILES string of the molecule is CCC(CO)(CO)OCCC[Si](C)(C)O[Si]12O[SiH](C)O[Si]3(C)O[Si]4(C)O[Si](C)(O)O[Si](C)(O[Si](C)(O4)O[Si](C)(O3)O1)O2. The van der Waals surface area contributed by atoms with E-state index in [1.54, 1.807) is 39.3 Å². The van der Waals surface area contributed by atoms with Gasteiger partial charge in [0.1, 0.15) is 5.60 Å². The highest BCUT2D eigenvalue weighted by Gasteiger charge is 2.75. The van der Waals surface area contributed by atoms with Gasteiger partial charge in [-0.05, 0) is 38.5 Å². The first-order valence-corrected chi connectivity index (χ1v) is 34.2. The molecule has 4 fully saturated rings. The van der Waals surface area contributed by atoms with Crippen LogP contribution in [0.5, 0.6) is 0 Å². The Hall–Kier alpha value is 1.31. The van der Waals surface area contributed by atoms with Gasteiger partial charge in [-0.2, -0.15) is 0 Å². The minimum absolute atomic E-state index is 0.284. The highest BCUT2D eigenvalue weighted by atomic mass is 28.6. The van der Waals surface area contributed by atoms with Crippen LogP contribution in [-0.4, -0.2) is 120 Å². The summed E-state index contributed by atoms with van der Waals surface area (Å²) in [5, 5.41) is 19.4. The van der Waals surface area contributed by atoms with Crippen molar-refractivity contribution in [3.8, 4) is 0 Å². The zero-order valence-electron chi connectivity index (χ0n) is 26.0. The van der Waals surface area contributed by atoms with Gasteiger partial charge < -0.3 is 69.1 Å². The van der Waals surface area contributed by atoms with Crippen molar-refractivity contribution in [2.45, 2.75) is 90.3 Å². The average Bonchev–Trinajstić information content (AvgIpc) is 2.72. The van der Waals surface area contributed by atoms with Gasteiger partial charge in [0.25, 0.3) is 0 Å². The van der Waals surface area contributed by atoms with Gasteiger partial charge in [-0.25, -0.2) is 0 Å². The van der Waals surface area contributed by atoms with Crippen molar-refractivity contribution in [2.24, 2.45) is 0 Å². The molecule has 42 heavy (non-hydrogen) atoms. The van der Waals surface area contributed by atoms with E-state index >= 15 is 0 Å². The van der Waals surface area contributed by atoms with Gasteiger partial charge in [-0.15, -0.1) is 0 Å². The number of hydrogen-bond donors (Lipinski definition) is 3. The van der Waals surface area contributed by atoms with E-state index in [1.807, 2.05) is 20.0 Å². The van der Waals surface area contributed by atoms with Crippen LogP contribution in [0, 0.1) is 0 Å². The predicted molar refractivity (Wildman–Crippen MR) is 164 cm³/mol. The maximum absolute atomic E-state index is 11.3. The molecule has 0 aromatic carbocycles. The van der Waals surface area contributed by atoms with Crippen LogP contribution >= 0.6 is 0 Å². The van der Waals surface area contributed by atoms with Crippen molar-refractivity contribution in [1.82, 2.24) is 0 Å². The number of ether oxygens (including phenoxy) is 1. The predicted octanol–water partition coefficient (Wildman–Crippen LogP) is 0.676. The minimum Gasteiger partial charge on any atom is -0.397 e. The molecular weight excluding hydrogens is 713 g/mol. The lowest BCUT2D eigenvalue weighted by Crippen LogP contribution is -2.82. The molecule has 4 aliphatic rings. The van der Waals surface area contributed by atoms with E-state index in [2.05, 4.69) is 0 Å². The summed E-state index contributed by atoms with van der Waals surface area (Å²) in [6, 6.07) is 0.593. The second kappa shape index (κ2) is 12.1. The monoisotopic (exact) mass is 758 g/mol. The fourth-order valence-corrected chi connectivity index (χ4v) is 49.2. The Balaban J connectivity index is 1.69. The quantitative estimate of drug-likeness (QED) is 0.209. The molecule has 0 amide bonds. The summed E-state index contributed by atoms with van der Waals surface area (Å²) in [7, 11) is -32.2. The lowest BCUT2D eigenvalue weighted by molar-refractivity contribution is -0.110. The molecule has 0 aromatic rings. The van der Waals surface area contributed by atoms with Crippen molar-refractivity contribution in [3.05, 3.63) is 0 Å². The molecule has 246 valence electrons. The molecule has 4 heterocycles.